The zero-order valence-electron chi connectivity index (χ0n) is 13.1. The zero-order valence-corrected chi connectivity index (χ0v) is 14.7. The smallest absolute Gasteiger partial charge is 0.203 e. The van der Waals surface area contributed by atoms with Gasteiger partial charge in [0.1, 0.15) is 0 Å². The summed E-state index contributed by atoms with van der Waals surface area (Å²) in [6.45, 7) is 0. The number of ether oxygens (including phenoxy) is 3. The third-order valence-electron chi connectivity index (χ3n) is 3.28. The monoisotopic (exact) mass is 376 g/mol. The minimum Gasteiger partial charge on any atom is -0.493 e. The Hall–Kier alpha value is -2.27. The van der Waals surface area contributed by atoms with Crippen molar-refractivity contribution in [2.75, 3.05) is 21.3 Å². The highest BCUT2D eigenvalue weighted by Gasteiger charge is 2.14. The maximum absolute atomic E-state index is 12.2. The van der Waals surface area contributed by atoms with Crippen LogP contribution in [0, 0.1) is 0 Å². The molecule has 0 amide bonds. The van der Waals surface area contributed by atoms with Gasteiger partial charge in [-0.2, -0.15) is 0 Å². The third-order valence-corrected chi connectivity index (χ3v) is 3.81. The maximum atomic E-state index is 12.2. The molecule has 0 bridgehead atoms. The summed E-state index contributed by atoms with van der Waals surface area (Å²) < 4.78 is 16.9. The van der Waals surface area contributed by atoms with Crippen molar-refractivity contribution in [1.29, 1.82) is 0 Å². The summed E-state index contributed by atoms with van der Waals surface area (Å²) in [6, 6.07) is 10.8. The molecule has 0 aromatic heterocycles. The number of ketones is 1. The minimum absolute atomic E-state index is 0.0886. The summed E-state index contributed by atoms with van der Waals surface area (Å²) in [5.74, 6) is 1.50. The van der Waals surface area contributed by atoms with Crippen LogP contribution >= 0.6 is 15.9 Å². The van der Waals surface area contributed by atoms with E-state index in [0.717, 1.165) is 10.0 Å². The first kappa shape index (κ1) is 17.1. The molecule has 0 radical (unpaired) electrons. The van der Waals surface area contributed by atoms with Crippen molar-refractivity contribution >= 4 is 27.8 Å². The first-order chi connectivity index (χ1) is 11.1. The van der Waals surface area contributed by atoms with Crippen molar-refractivity contribution < 1.29 is 19.0 Å². The number of hydrogen-bond donors (Lipinski definition) is 0. The van der Waals surface area contributed by atoms with E-state index in [1.807, 2.05) is 18.2 Å². The second-order valence-electron chi connectivity index (χ2n) is 4.63. The lowest BCUT2D eigenvalue weighted by Crippen LogP contribution is -1.97. The molecule has 0 aliphatic rings. The van der Waals surface area contributed by atoms with Crippen LogP contribution in [-0.2, 0) is 0 Å². The molecule has 0 atom stereocenters. The summed E-state index contributed by atoms with van der Waals surface area (Å²) in [7, 11) is 4.65. The van der Waals surface area contributed by atoms with Crippen LogP contribution < -0.4 is 14.2 Å². The van der Waals surface area contributed by atoms with Crippen LogP contribution in [0.25, 0.3) is 6.08 Å². The zero-order chi connectivity index (χ0) is 16.8. The highest BCUT2D eigenvalue weighted by atomic mass is 79.9. The first-order valence-corrected chi connectivity index (χ1v) is 7.67. The lowest BCUT2D eigenvalue weighted by atomic mass is 10.1. The molecule has 2 rings (SSSR count). The fourth-order valence-electron chi connectivity index (χ4n) is 2.13. The van der Waals surface area contributed by atoms with E-state index in [-0.39, 0.29) is 5.78 Å². The van der Waals surface area contributed by atoms with Gasteiger partial charge in [-0.05, 0) is 48.6 Å². The highest BCUT2D eigenvalue weighted by molar-refractivity contribution is 9.10. The van der Waals surface area contributed by atoms with Crippen LogP contribution in [0.3, 0.4) is 0 Å². The molecule has 0 N–H and O–H groups in total. The lowest BCUT2D eigenvalue weighted by molar-refractivity contribution is 0.104. The predicted octanol–water partition coefficient (Wildman–Crippen LogP) is 4.37. The van der Waals surface area contributed by atoms with Crippen LogP contribution in [0.15, 0.2) is 46.9 Å². The van der Waals surface area contributed by atoms with Gasteiger partial charge in [-0.3, -0.25) is 4.79 Å². The molecule has 0 unspecified atom stereocenters. The van der Waals surface area contributed by atoms with Crippen molar-refractivity contribution in [1.82, 2.24) is 0 Å². The fraction of sp³-hybridized carbons (Fsp3) is 0.167. The van der Waals surface area contributed by atoms with Crippen molar-refractivity contribution in [3.63, 3.8) is 0 Å². The molecule has 0 fully saturated rings. The molecule has 0 aliphatic heterocycles. The van der Waals surface area contributed by atoms with Crippen LogP contribution in [0.4, 0.5) is 0 Å². The SMILES string of the molecule is COc1ccc(/C=C/C(=O)c2ccc(Br)cc2)c(OC)c1OC. The molecule has 23 heavy (non-hydrogen) atoms. The van der Waals surface area contributed by atoms with Gasteiger partial charge in [0.25, 0.3) is 0 Å². The average Bonchev–Trinajstić information content (AvgIpc) is 2.59. The maximum Gasteiger partial charge on any atom is 0.203 e. The summed E-state index contributed by atoms with van der Waals surface area (Å²) in [6.07, 6.45) is 3.21. The van der Waals surface area contributed by atoms with Crippen molar-refractivity contribution in [2.45, 2.75) is 0 Å². The normalized spacial score (nSPS) is 10.6. The number of allylic oxidation sites excluding steroid dienone is 1. The van der Waals surface area contributed by atoms with E-state index in [2.05, 4.69) is 15.9 Å². The summed E-state index contributed by atoms with van der Waals surface area (Å²) >= 11 is 3.35. The molecular formula is C18H17BrO4. The van der Waals surface area contributed by atoms with E-state index in [9.17, 15) is 4.79 Å². The third kappa shape index (κ3) is 3.93. The van der Waals surface area contributed by atoms with Gasteiger partial charge in [0.05, 0.1) is 21.3 Å². The Morgan fingerprint density at radius 3 is 2.13 bits per heavy atom. The van der Waals surface area contributed by atoms with E-state index in [1.54, 1.807) is 45.6 Å². The van der Waals surface area contributed by atoms with Gasteiger partial charge in [0.15, 0.2) is 17.3 Å². The Morgan fingerprint density at radius 1 is 0.913 bits per heavy atom. The van der Waals surface area contributed by atoms with Gasteiger partial charge in [-0.1, -0.05) is 15.9 Å². The van der Waals surface area contributed by atoms with Crippen molar-refractivity contribution in [3.05, 3.63) is 58.1 Å². The molecule has 2 aromatic carbocycles. The number of carbonyl (C=O) groups is 1. The number of methoxy groups -OCH3 is 3. The molecule has 0 heterocycles. The van der Waals surface area contributed by atoms with Gasteiger partial charge >= 0.3 is 0 Å². The van der Waals surface area contributed by atoms with Gasteiger partial charge < -0.3 is 14.2 Å². The van der Waals surface area contributed by atoms with Gasteiger partial charge in [0, 0.05) is 15.6 Å². The van der Waals surface area contributed by atoms with E-state index in [4.69, 9.17) is 14.2 Å². The van der Waals surface area contributed by atoms with E-state index < -0.39 is 0 Å². The van der Waals surface area contributed by atoms with Crippen LogP contribution in [0.1, 0.15) is 15.9 Å². The summed E-state index contributed by atoms with van der Waals surface area (Å²) in [5, 5.41) is 0. The van der Waals surface area contributed by atoms with Gasteiger partial charge in [-0.15, -0.1) is 0 Å². The molecule has 0 spiro atoms. The van der Waals surface area contributed by atoms with Gasteiger partial charge in [0.2, 0.25) is 5.75 Å². The molecule has 0 aliphatic carbocycles. The number of halogens is 1. The highest BCUT2D eigenvalue weighted by Crippen LogP contribution is 2.40. The van der Waals surface area contributed by atoms with Crippen LogP contribution in [0.2, 0.25) is 0 Å². The number of hydrogen-bond acceptors (Lipinski definition) is 4. The Morgan fingerprint density at radius 2 is 1.57 bits per heavy atom. The molecule has 120 valence electrons. The molecule has 2 aromatic rings. The van der Waals surface area contributed by atoms with E-state index >= 15 is 0 Å². The molecule has 0 saturated heterocycles. The standard InChI is InChI=1S/C18H17BrO4/c1-21-16-11-7-13(17(22-2)18(16)23-3)6-10-15(20)12-4-8-14(19)9-5-12/h4-11H,1-3H3/b10-6+. The Bertz CT molecular complexity index is 721. The van der Waals surface area contributed by atoms with Crippen molar-refractivity contribution in [3.8, 4) is 17.2 Å². The number of rotatable bonds is 6. The van der Waals surface area contributed by atoms with Gasteiger partial charge in [-0.25, -0.2) is 0 Å². The largest absolute Gasteiger partial charge is 0.493 e. The van der Waals surface area contributed by atoms with Crippen LogP contribution in [-0.4, -0.2) is 27.1 Å². The quantitative estimate of drug-likeness (QED) is 0.554. The van der Waals surface area contributed by atoms with Crippen LogP contribution in [0.5, 0.6) is 17.2 Å². The van der Waals surface area contributed by atoms with E-state index in [1.165, 1.54) is 6.08 Å². The summed E-state index contributed by atoms with van der Waals surface area (Å²) in [5.41, 5.74) is 1.35. The Balaban J connectivity index is 2.32. The molecule has 4 nitrogen and oxygen atoms in total. The number of carbonyl (C=O) groups excluding carboxylic acids is 1. The fourth-order valence-corrected chi connectivity index (χ4v) is 2.40. The molecular weight excluding hydrogens is 360 g/mol. The lowest BCUT2D eigenvalue weighted by Gasteiger charge is -2.13. The van der Waals surface area contributed by atoms with E-state index in [0.29, 0.717) is 22.8 Å². The Labute approximate surface area is 143 Å². The predicted molar refractivity (Wildman–Crippen MR) is 93.6 cm³/mol. The van der Waals surface area contributed by atoms with Crippen molar-refractivity contribution in [2.24, 2.45) is 0 Å². The average molecular weight is 377 g/mol. The summed E-state index contributed by atoms with van der Waals surface area (Å²) in [4.78, 5) is 12.2. The minimum atomic E-state index is -0.0886. The molecule has 0 saturated carbocycles. The topological polar surface area (TPSA) is 44.8 Å². The second-order valence-corrected chi connectivity index (χ2v) is 5.54. The Kier molecular flexibility index (Phi) is 5.82. The first-order valence-electron chi connectivity index (χ1n) is 6.87. The molecule has 5 heteroatoms. The second kappa shape index (κ2) is 7.83. The number of benzene rings is 2.